The molecule has 32 heavy (non-hydrogen) atoms. The van der Waals surface area contributed by atoms with Crippen molar-refractivity contribution in [2.24, 2.45) is 0 Å². The number of hydrogen-bond acceptors (Lipinski definition) is 7. The molecule has 0 radical (unpaired) electrons. The fourth-order valence-corrected chi connectivity index (χ4v) is 4.62. The average Bonchev–Trinajstić information content (AvgIpc) is 2.88. The third-order valence-corrected chi connectivity index (χ3v) is 6.25. The van der Waals surface area contributed by atoms with E-state index in [4.69, 9.17) is 18.9 Å². The summed E-state index contributed by atoms with van der Waals surface area (Å²) >= 11 is 0. The van der Waals surface area contributed by atoms with E-state index in [0.29, 0.717) is 43.5 Å². The molecule has 2 saturated heterocycles. The number of hydrogen-bond donors (Lipinski definition) is 0. The number of benzene rings is 2. The maximum absolute atomic E-state index is 14.1. The van der Waals surface area contributed by atoms with Crippen LogP contribution in [-0.2, 0) is 9.47 Å². The number of Topliss-reactive ketones (excluding diaryl/α,β-unsaturated/α-hetero) is 1. The van der Waals surface area contributed by atoms with Crippen LogP contribution < -0.4 is 9.47 Å². The molecule has 0 N–H and O–H groups in total. The molecule has 7 nitrogen and oxygen atoms in total. The van der Waals surface area contributed by atoms with Crippen molar-refractivity contribution in [1.29, 1.82) is 0 Å². The molecule has 0 spiro atoms. The van der Waals surface area contributed by atoms with Crippen LogP contribution in [0.15, 0.2) is 48.5 Å². The van der Waals surface area contributed by atoms with Crippen LogP contribution in [0.1, 0.15) is 22.0 Å². The summed E-state index contributed by atoms with van der Waals surface area (Å²) in [5, 5.41) is 0. The highest BCUT2D eigenvalue weighted by molar-refractivity contribution is 6.01. The van der Waals surface area contributed by atoms with Crippen LogP contribution in [-0.4, -0.2) is 88.5 Å². The molecule has 2 atom stereocenters. The Hall–Kier alpha value is -2.45. The fourth-order valence-electron chi connectivity index (χ4n) is 4.62. The summed E-state index contributed by atoms with van der Waals surface area (Å²) in [4.78, 5) is 18.8. The smallest absolute Gasteiger partial charge is 0.182 e. The van der Waals surface area contributed by atoms with Crippen molar-refractivity contribution in [2.45, 2.75) is 12.1 Å². The van der Waals surface area contributed by atoms with Gasteiger partial charge >= 0.3 is 0 Å². The molecule has 0 amide bonds. The van der Waals surface area contributed by atoms with Gasteiger partial charge in [0.2, 0.25) is 0 Å². The minimum absolute atomic E-state index is 0.0770. The van der Waals surface area contributed by atoms with Gasteiger partial charge in [-0.15, -0.1) is 0 Å². The molecule has 0 aromatic heterocycles. The maximum Gasteiger partial charge on any atom is 0.182 e. The summed E-state index contributed by atoms with van der Waals surface area (Å²) in [6.45, 7) is 5.61. The Kier molecular flexibility index (Phi) is 7.76. The van der Waals surface area contributed by atoms with Crippen LogP contribution in [0.3, 0.4) is 0 Å². The number of ketones is 1. The third-order valence-electron chi connectivity index (χ3n) is 6.25. The van der Waals surface area contributed by atoms with Crippen LogP contribution in [0.5, 0.6) is 11.5 Å². The highest BCUT2D eigenvalue weighted by atomic mass is 16.5. The van der Waals surface area contributed by atoms with E-state index in [-0.39, 0.29) is 17.9 Å². The van der Waals surface area contributed by atoms with Crippen molar-refractivity contribution in [2.75, 3.05) is 66.8 Å². The van der Waals surface area contributed by atoms with Gasteiger partial charge in [-0.25, -0.2) is 0 Å². The first kappa shape index (κ1) is 22.7. The molecular formula is C25H32N2O5. The zero-order valence-corrected chi connectivity index (χ0v) is 18.9. The average molecular weight is 441 g/mol. The second-order valence-electron chi connectivity index (χ2n) is 8.03. The van der Waals surface area contributed by atoms with E-state index in [2.05, 4.69) is 21.9 Å². The van der Waals surface area contributed by atoms with E-state index >= 15 is 0 Å². The monoisotopic (exact) mass is 440 g/mol. The Balaban J connectivity index is 1.76. The second-order valence-corrected chi connectivity index (χ2v) is 8.03. The minimum Gasteiger partial charge on any atom is -0.493 e. The molecule has 4 rings (SSSR count). The second kappa shape index (κ2) is 10.9. The number of ether oxygens (including phenoxy) is 4. The van der Waals surface area contributed by atoms with E-state index in [1.165, 1.54) is 0 Å². The van der Waals surface area contributed by atoms with Crippen LogP contribution >= 0.6 is 0 Å². The minimum atomic E-state index is -0.350. The summed E-state index contributed by atoms with van der Waals surface area (Å²) < 4.78 is 22.1. The Morgan fingerprint density at radius 3 is 2.00 bits per heavy atom. The van der Waals surface area contributed by atoms with Crippen molar-refractivity contribution < 1.29 is 23.7 Å². The van der Waals surface area contributed by atoms with Crippen molar-refractivity contribution in [3.8, 4) is 11.5 Å². The molecular weight excluding hydrogens is 408 g/mol. The SMILES string of the molecule is COc1ccc(C(=O)[C@@H]([C@H](c2ccccc2)N2CCOCC2)N2CCOCC2)cc1OC. The van der Waals surface area contributed by atoms with E-state index in [9.17, 15) is 4.79 Å². The molecule has 2 aliphatic heterocycles. The number of carbonyl (C=O) groups is 1. The first-order chi connectivity index (χ1) is 15.7. The highest BCUT2D eigenvalue weighted by Gasteiger charge is 2.39. The molecule has 0 bridgehead atoms. The molecule has 2 aliphatic rings. The lowest BCUT2D eigenvalue weighted by Crippen LogP contribution is -2.55. The predicted molar refractivity (Wildman–Crippen MR) is 122 cm³/mol. The van der Waals surface area contributed by atoms with Crippen LogP contribution in [0.4, 0.5) is 0 Å². The molecule has 0 aliphatic carbocycles. The van der Waals surface area contributed by atoms with E-state index in [0.717, 1.165) is 31.7 Å². The Bertz CT molecular complexity index is 879. The zero-order valence-electron chi connectivity index (χ0n) is 18.9. The summed E-state index contributed by atoms with van der Waals surface area (Å²) in [6.07, 6.45) is 0. The predicted octanol–water partition coefficient (Wildman–Crippen LogP) is 2.66. The summed E-state index contributed by atoms with van der Waals surface area (Å²) in [7, 11) is 3.19. The van der Waals surface area contributed by atoms with Gasteiger partial charge in [0.15, 0.2) is 17.3 Å². The van der Waals surface area contributed by atoms with E-state index < -0.39 is 0 Å². The molecule has 2 heterocycles. The van der Waals surface area contributed by atoms with Gasteiger partial charge in [-0.3, -0.25) is 14.6 Å². The highest BCUT2D eigenvalue weighted by Crippen LogP contribution is 2.34. The first-order valence-corrected chi connectivity index (χ1v) is 11.2. The largest absolute Gasteiger partial charge is 0.493 e. The maximum atomic E-state index is 14.1. The van der Waals surface area contributed by atoms with Gasteiger partial charge in [-0.1, -0.05) is 30.3 Å². The number of morpholine rings is 2. The van der Waals surface area contributed by atoms with Gasteiger partial charge < -0.3 is 18.9 Å². The van der Waals surface area contributed by atoms with Gasteiger partial charge in [-0.2, -0.15) is 0 Å². The summed E-state index contributed by atoms with van der Waals surface area (Å²) in [6, 6.07) is 15.3. The lowest BCUT2D eigenvalue weighted by molar-refractivity contribution is -0.0301. The van der Waals surface area contributed by atoms with Crippen molar-refractivity contribution in [1.82, 2.24) is 9.80 Å². The van der Waals surface area contributed by atoms with Crippen LogP contribution in [0, 0.1) is 0 Å². The van der Waals surface area contributed by atoms with E-state index in [1.54, 1.807) is 26.4 Å². The van der Waals surface area contributed by atoms with Gasteiger partial charge in [0.1, 0.15) is 0 Å². The number of carbonyl (C=O) groups excluding carboxylic acids is 1. The molecule has 172 valence electrons. The van der Waals surface area contributed by atoms with Crippen molar-refractivity contribution in [3.05, 3.63) is 59.7 Å². The molecule has 2 aromatic carbocycles. The first-order valence-electron chi connectivity index (χ1n) is 11.2. The number of methoxy groups -OCH3 is 2. The van der Waals surface area contributed by atoms with Crippen molar-refractivity contribution >= 4 is 5.78 Å². The van der Waals surface area contributed by atoms with Gasteiger partial charge in [-0.05, 0) is 23.8 Å². The molecule has 2 fully saturated rings. The van der Waals surface area contributed by atoms with Gasteiger partial charge in [0, 0.05) is 31.7 Å². The Morgan fingerprint density at radius 2 is 1.41 bits per heavy atom. The lowest BCUT2D eigenvalue weighted by Gasteiger charge is -2.44. The number of nitrogens with zero attached hydrogens (tertiary/aromatic N) is 2. The quantitative estimate of drug-likeness (QED) is 0.585. The van der Waals surface area contributed by atoms with E-state index in [1.807, 2.05) is 24.3 Å². The van der Waals surface area contributed by atoms with Gasteiger partial charge in [0.05, 0.1) is 52.7 Å². The Morgan fingerprint density at radius 1 is 0.812 bits per heavy atom. The lowest BCUT2D eigenvalue weighted by atomic mass is 9.89. The molecule has 0 unspecified atom stereocenters. The van der Waals surface area contributed by atoms with Crippen molar-refractivity contribution in [3.63, 3.8) is 0 Å². The molecule has 0 saturated carbocycles. The molecule has 2 aromatic rings. The number of rotatable bonds is 8. The van der Waals surface area contributed by atoms with Crippen LogP contribution in [0.2, 0.25) is 0 Å². The summed E-state index contributed by atoms with van der Waals surface area (Å²) in [5.41, 5.74) is 1.76. The third kappa shape index (κ3) is 4.96. The Labute approximate surface area is 189 Å². The van der Waals surface area contributed by atoms with Gasteiger partial charge in [0.25, 0.3) is 0 Å². The molecule has 7 heteroatoms. The zero-order chi connectivity index (χ0) is 22.3. The standard InChI is InChI=1S/C25H32N2O5/c1-29-21-9-8-20(18-22(21)30-2)25(28)24(27-12-16-32-17-13-27)23(19-6-4-3-5-7-19)26-10-14-31-15-11-26/h3-9,18,23-24H,10-17H2,1-2H3/t23-,24+/m0/s1. The van der Waals surface area contributed by atoms with Crippen LogP contribution in [0.25, 0.3) is 0 Å². The fraction of sp³-hybridized carbons (Fsp3) is 0.480. The topological polar surface area (TPSA) is 60.5 Å². The summed E-state index contributed by atoms with van der Waals surface area (Å²) in [5.74, 6) is 1.25. The normalized spacial score (nSPS) is 19.8.